The molecule has 4 heteroatoms. The second-order valence-corrected chi connectivity index (χ2v) is 7.24. The van der Waals surface area contributed by atoms with Gasteiger partial charge in [-0.15, -0.1) is 11.3 Å². The van der Waals surface area contributed by atoms with E-state index >= 15 is 0 Å². The first-order chi connectivity index (χ1) is 9.70. The first-order valence-corrected chi connectivity index (χ1v) is 8.65. The van der Waals surface area contributed by atoms with Crippen molar-refractivity contribution in [3.63, 3.8) is 0 Å². The van der Waals surface area contributed by atoms with E-state index in [0.29, 0.717) is 5.92 Å². The predicted molar refractivity (Wildman–Crippen MR) is 87.1 cm³/mol. The lowest BCUT2D eigenvalue weighted by molar-refractivity contribution is 0.0462. The molecule has 1 atom stereocenters. The van der Waals surface area contributed by atoms with Crippen molar-refractivity contribution in [2.45, 2.75) is 32.8 Å². The molecule has 0 spiro atoms. The number of hydrogen-bond acceptors (Lipinski definition) is 3. The average Bonchev–Trinajstić information content (AvgIpc) is 3.20. The number of hydrogen-bond donors (Lipinski definition) is 0. The molecule has 2 nitrogen and oxygen atoms in total. The van der Waals surface area contributed by atoms with E-state index in [2.05, 4.69) is 48.0 Å². The lowest BCUT2D eigenvalue weighted by Crippen LogP contribution is -2.06. The van der Waals surface area contributed by atoms with Gasteiger partial charge >= 0.3 is 0 Å². The van der Waals surface area contributed by atoms with E-state index in [1.54, 1.807) is 11.3 Å². The van der Waals surface area contributed by atoms with Crippen LogP contribution >= 0.6 is 27.3 Å². The molecule has 1 aliphatic carbocycles. The van der Waals surface area contributed by atoms with Gasteiger partial charge in [0.15, 0.2) is 0 Å². The Morgan fingerprint density at radius 3 is 2.80 bits per heavy atom. The zero-order valence-electron chi connectivity index (χ0n) is 11.7. The second-order valence-electron chi connectivity index (χ2n) is 5.15. The van der Waals surface area contributed by atoms with Crippen LogP contribution in [-0.4, -0.2) is 11.6 Å². The Morgan fingerprint density at radius 2 is 2.15 bits per heavy atom. The van der Waals surface area contributed by atoms with Crippen molar-refractivity contribution in [1.82, 2.24) is 4.98 Å². The largest absolute Gasteiger partial charge is 0.371 e. The summed E-state index contributed by atoms with van der Waals surface area (Å²) in [6, 6.07) is 8.26. The summed E-state index contributed by atoms with van der Waals surface area (Å²) in [7, 11) is 0. The maximum absolute atomic E-state index is 5.92. The first-order valence-electron chi connectivity index (χ1n) is 7.04. The van der Waals surface area contributed by atoms with Gasteiger partial charge in [-0.05, 0) is 38.7 Å². The molecule has 0 bridgehead atoms. The third-order valence-electron chi connectivity index (χ3n) is 3.58. The quantitative estimate of drug-likeness (QED) is 0.722. The Morgan fingerprint density at radius 1 is 1.40 bits per heavy atom. The van der Waals surface area contributed by atoms with E-state index in [9.17, 15) is 0 Å². The van der Waals surface area contributed by atoms with Crippen molar-refractivity contribution in [3.8, 4) is 11.3 Å². The number of ether oxygens (including phenoxy) is 1. The Bertz CT molecular complexity index is 606. The number of rotatable bonds is 5. The van der Waals surface area contributed by atoms with Crippen molar-refractivity contribution in [1.29, 1.82) is 0 Å². The standard InChI is InChI=1S/C16H18BrNOS/c1-3-19-15(11-8-9-11)16-18-14(10(2)20-16)12-6-4-5-7-13(12)17/h4-7,11,15H,3,8-9H2,1-2H3. The Labute approximate surface area is 132 Å². The van der Waals surface area contributed by atoms with Crippen LogP contribution in [0, 0.1) is 12.8 Å². The molecule has 1 heterocycles. The minimum absolute atomic E-state index is 0.194. The van der Waals surface area contributed by atoms with Gasteiger partial charge in [0.1, 0.15) is 11.1 Å². The summed E-state index contributed by atoms with van der Waals surface area (Å²) in [4.78, 5) is 6.15. The van der Waals surface area contributed by atoms with Crippen LogP contribution in [0.2, 0.25) is 0 Å². The van der Waals surface area contributed by atoms with Gasteiger partial charge in [-0.1, -0.05) is 34.1 Å². The minimum Gasteiger partial charge on any atom is -0.371 e. The fourth-order valence-electron chi connectivity index (χ4n) is 2.43. The summed E-state index contributed by atoms with van der Waals surface area (Å²) in [5.41, 5.74) is 2.25. The normalized spacial score (nSPS) is 16.4. The first kappa shape index (κ1) is 14.2. The van der Waals surface area contributed by atoms with E-state index in [1.807, 2.05) is 6.07 Å². The summed E-state index contributed by atoms with van der Waals surface area (Å²) in [6.07, 6.45) is 2.74. The molecule has 1 aromatic heterocycles. The lowest BCUT2D eigenvalue weighted by Gasteiger charge is -2.12. The van der Waals surface area contributed by atoms with Crippen molar-refractivity contribution < 1.29 is 4.74 Å². The molecule has 1 fully saturated rings. The number of nitrogens with zero attached hydrogens (tertiary/aromatic N) is 1. The van der Waals surface area contributed by atoms with Crippen LogP contribution in [0.25, 0.3) is 11.3 Å². The van der Waals surface area contributed by atoms with Crippen LogP contribution in [0.15, 0.2) is 28.7 Å². The second kappa shape index (κ2) is 5.96. The van der Waals surface area contributed by atoms with E-state index in [-0.39, 0.29) is 6.10 Å². The molecule has 1 unspecified atom stereocenters. The monoisotopic (exact) mass is 351 g/mol. The molecule has 106 valence electrons. The maximum atomic E-state index is 5.92. The molecule has 2 aromatic rings. The van der Waals surface area contributed by atoms with Crippen LogP contribution in [0.1, 0.15) is 35.8 Å². The SMILES string of the molecule is CCOC(c1nc(-c2ccccc2Br)c(C)s1)C1CC1. The van der Waals surface area contributed by atoms with Gasteiger partial charge < -0.3 is 4.74 Å². The highest BCUT2D eigenvalue weighted by atomic mass is 79.9. The van der Waals surface area contributed by atoms with Gasteiger partial charge in [0.05, 0.1) is 5.69 Å². The smallest absolute Gasteiger partial charge is 0.123 e. The third kappa shape index (κ3) is 2.83. The number of thiazole rings is 1. The summed E-state index contributed by atoms with van der Waals surface area (Å²) < 4.78 is 7.02. The van der Waals surface area contributed by atoms with Crippen molar-refractivity contribution in [2.24, 2.45) is 5.92 Å². The maximum Gasteiger partial charge on any atom is 0.123 e. The molecular weight excluding hydrogens is 334 g/mol. The van der Waals surface area contributed by atoms with Crippen LogP contribution in [0.4, 0.5) is 0 Å². The zero-order chi connectivity index (χ0) is 14.1. The van der Waals surface area contributed by atoms with Gasteiger partial charge in [-0.3, -0.25) is 0 Å². The van der Waals surface area contributed by atoms with Crippen molar-refractivity contribution in [2.75, 3.05) is 6.61 Å². The molecule has 1 saturated carbocycles. The predicted octanol–water partition coefficient (Wildman–Crippen LogP) is 5.37. The molecular formula is C16H18BrNOS. The summed E-state index contributed by atoms with van der Waals surface area (Å²) in [5.74, 6) is 0.674. The highest BCUT2D eigenvalue weighted by Crippen LogP contribution is 2.46. The highest BCUT2D eigenvalue weighted by molar-refractivity contribution is 9.10. The van der Waals surface area contributed by atoms with Crippen molar-refractivity contribution in [3.05, 3.63) is 38.6 Å². The van der Waals surface area contributed by atoms with Gasteiger partial charge in [-0.25, -0.2) is 4.98 Å². The minimum atomic E-state index is 0.194. The van der Waals surface area contributed by atoms with Gasteiger partial charge in [0.2, 0.25) is 0 Å². The van der Waals surface area contributed by atoms with Crippen molar-refractivity contribution >= 4 is 27.3 Å². The fraction of sp³-hybridized carbons (Fsp3) is 0.438. The molecule has 1 aliphatic rings. The Hall–Kier alpha value is -0.710. The number of benzene rings is 1. The van der Waals surface area contributed by atoms with Crippen LogP contribution in [0.3, 0.4) is 0 Å². The number of halogens is 1. The lowest BCUT2D eigenvalue weighted by atomic mass is 10.1. The molecule has 0 amide bonds. The van der Waals surface area contributed by atoms with Gasteiger partial charge in [0, 0.05) is 21.5 Å². The molecule has 0 N–H and O–H groups in total. The molecule has 0 radical (unpaired) electrons. The highest BCUT2D eigenvalue weighted by Gasteiger charge is 2.35. The van der Waals surface area contributed by atoms with E-state index in [1.165, 1.54) is 23.3 Å². The van der Waals surface area contributed by atoms with Gasteiger partial charge in [0.25, 0.3) is 0 Å². The third-order valence-corrected chi connectivity index (χ3v) is 5.31. The van der Waals surface area contributed by atoms with Gasteiger partial charge in [-0.2, -0.15) is 0 Å². The summed E-state index contributed by atoms with van der Waals surface area (Å²) in [6.45, 7) is 4.96. The van der Waals surface area contributed by atoms with E-state index in [0.717, 1.165) is 21.8 Å². The molecule has 3 rings (SSSR count). The molecule has 0 saturated heterocycles. The van der Waals surface area contributed by atoms with Crippen LogP contribution in [0.5, 0.6) is 0 Å². The van der Waals surface area contributed by atoms with E-state index < -0.39 is 0 Å². The van der Waals surface area contributed by atoms with E-state index in [4.69, 9.17) is 9.72 Å². The average molecular weight is 352 g/mol. The topological polar surface area (TPSA) is 22.1 Å². The Balaban J connectivity index is 1.96. The fourth-order valence-corrected chi connectivity index (χ4v) is 3.98. The summed E-state index contributed by atoms with van der Waals surface area (Å²) in [5, 5.41) is 1.14. The summed E-state index contributed by atoms with van der Waals surface area (Å²) >= 11 is 5.40. The Kier molecular flexibility index (Phi) is 4.24. The molecule has 1 aromatic carbocycles. The van der Waals surface area contributed by atoms with Crippen LogP contribution < -0.4 is 0 Å². The zero-order valence-corrected chi connectivity index (χ0v) is 14.1. The van der Waals surface area contributed by atoms with Crippen LogP contribution in [-0.2, 0) is 4.74 Å². The number of aromatic nitrogens is 1. The molecule has 20 heavy (non-hydrogen) atoms. The number of aryl methyl sites for hydroxylation is 1. The molecule has 0 aliphatic heterocycles.